The van der Waals surface area contributed by atoms with E-state index in [1.165, 1.54) is 0 Å². The molecule has 1 saturated heterocycles. The summed E-state index contributed by atoms with van der Waals surface area (Å²) in [6, 6.07) is 10.3. The van der Waals surface area contributed by atoms with Crippen LogP contribution in [-0.2, 0) is 11.3 Å². The molecule has 1 aliphatic rings. The molecule has 2 atom stereocenters. The average Bonchev–Trinajstić information content (AvgIpc) is 3.19. The number of carbonyl (C=O) groups excluding carboxylic acids is 1. The lowest BCUT2D eigenvalue weighted by molar-refractivity contribution is -0.121. The molecule has 0 aliphatic carbocycles. The number of carbonyl (C=O) groups is 1. The number of benzene rings is 1. The summed E-state index contributed by atoms with van der Waals surface area (Å²) in [5.74, 6) is 1.39. The second-order valence-electron chi connectivity index (χ2n) is 6.22. The van der Waals surface area contributed by atoms with Gasteiger partial charge < -0.3 is 9.84 Å². The Bertz CT molecular complexity index is 663. The number of rotatable bonds is 6. The van der Waals surface area contributed by atoms with Crippen molar-refractivity contribution >= 4 is 5.91 Å². The molecule has 0 radical (unpaired) electrons. The van der Waals surface area contributed by atoms with E-state index in [0.29, 0.717) is 36.1 Å². The van der Waals surface area contributed by atoms with Crippen molar-refractivity contribution in [3.8, 4) is 11.4 Å². The normalized spacial score (nSPS) is 23.3. The molecule has 1 aliphatic heterocycles. The van der Waals surface area contributed by atoms with Crippen molar-refractivity contribution in [2.45, 2.75) is 45.3 Å². The zero-order valence-corrected chi connectivity index (χ0v) is 14.0. The highest BCUT2D eigenvalue weighted by Gasteiger charge is 2.29. The summed E-state index contributed by atoms with van der Waals surface area (Å²) < 4.78 is 5.19. The third kappa shape index (κ3) is 3.98. The Labute approximate surface area is 141 Å². The molecule has 7 nitrogen and oxygen atoms in total. The Hall–Kier alpha value is -2.25. The van der Waals surface area contributed by atoms with Gasteiger partial charge in [-0.1, -0.05) is 35.5 Å². The predicted molar refractivity (Wildman–Crippen MR) is 89.5 cm³/mol. The first-order chi connectivity index (χ1) is 11.6. The molecule has 7 heteroatoms. The number of aromatic nitrogens is 2. The lowest BCUT2D eigenvalue weighted by atomic mass is 9.91. The van der Waals surface area contributed by atoms with Gasteiger partial charge in [0.05, 0.1) is 6.54 Å². The summed E-state index contributed by atoms with van der Waals surface area (Å²) in [5.41, 5.74) is 7.30. The van der Waals surface area contributed by atoms with E-state index in [9.17, 15) is 4.79 Å². The van der Waals surface area contributed by atoms with Crippen molar-refractivity contribution in [2.75, 3.05) is 0 Å². The smallest absolute Gasteiger partial charge is 0.246 e. The Kier molecular flexibility index (Phi) is 5.22. The second-order valence-corrected chi connectivity index (χ2v) is 6.22. The minimum Gasteiger partial charge on any atom is -0.347 e. The standard InChI is InChI=1S/C17H23N5O2/c1-11-14(12(2)21-20-11)8-9-15(23)18-10-16-19-17(22-24-16)13-6-4-3-5-7-13/h3-7,11-12,14,20-21H,8-10H2,1-2H3,(H,18,23). The van der Waals surface area contributed by atoms with Gasteiger partial charge in [-0.3, -0.25) is 15.6 Å². The van der Waals surface area contributed by atoms with E-state index >= 15 is 0 Å². The van der Waals surface area contributed by atoms with Gasteiger partial charge in [-0.25, -0.2) is 0 Å². The summed E-state index contributed by atoms with van der Waals surface area (Å²) in [7, 11) is 0. The number of amides is 1. The van der Waals surface area contributed by atoms with Gasteiger partial charge in [0.1, 0.15) is 0 Å². The highest BCUT2D eigenvalue weighted by Crippen LogP contribution is 2.20. The molecule has 0 spiro atoms. The molecule has 0 bridgehead atoms. The molecule has 1 amide bonds. The van der Waals surface area contributed by atoms with Gasteiger partial charge in [-0.15, -0.1) is 0 Å². The van der Waals surface area contributed by atoms with E-state index in [-0.39, 0.29) is 12.5 Å². The molecule has 2 aromatic rings. The van der Waals surface area contributed by atoms with Crippen molar-refractivity contribution in [1.29, 1.82) is 0 Å². The van der Waals surface area contributed by atoms with Gasteiger partial charge in [-0.05, 0) is 26.2 Å². The quantitative estimate of drug-likeness (QED) is 0.746. The Morgan fingerprint density at radius 2 is 1.92 bits per heavy atom. The molecule has 128 valence electrons. The first-order valence-corrected chi connectivity index (χ1v) is 8.29. The van der Waals surface area contributed by atoms with Gasteiger partial charge in [0.2, 0.25) is 17.6 Å². The summed E-state index contributed by atoms with van der Waals surface area (Å²) in [6.07, 6.45) is 1.33. The summed E-state index contributed by atoms with van der Waals surface area (Å²) in [5, 5.41) is 6.78. The van der Waals surface area contributed by atoms with Gasteiger partial charge in [0, 0.05) is 24.1 Å². The largest absolute Gasteiger partial charge is 0.347 e. The van der Waals surface area contributed by atoms with Gasteiger partial charge in [0.25, 0.3) is 0 Å². The summed E-state index contributed by atoms with van der Waals surface area (Å²) in [4.78, 5) is 16.3. The average molecular weight is 329 g/mol. The van der Waals surface area contributed by atoms with Gasteiger partial charge in [0.15, 0.2) is 0 Å². The lowest BCUT2D eigenvalue weighted by Crippen LogP contribution is -2.30. The Morgan fingerprint density at radius 1 is 1.21 bits per heavy atom. The maximum absolute atomic E-state index is 12.0. The van der Waals surface area contributed by atoms with Crippen LogP contribution in [0.1, 0.15) is 32.6 Å². The molecule has 24 heavy (non-hydrogen) atoms. The predicted octanol–water partition coefficient (Wildman–Crippen LogP) is 1.63. The molecule has 1 fully saturated rings. The first kappa shape index (κ1) is 16.6. The Balaban J connectivity index is 1.46. The minimum atomic E-state index is 0.000705. The highest BCUT2D eigenvalue weighted by atomic mass is 16.5. The van der Waals surface area contributed by atoms with E-state index in [1.54, 1.807) is 0 Å². The van der Waals surface area contributed by atoms with E-state index < -0.39 is 0 Å². The second kappa shape index (κ2) is 7.55. The zero-order valence-electron chi connectivity index (χ0n) is 14.0. The third-order valence-electron chi connectivity index (χ3n) is 4.46. The minimum absolute atomic E-state index is 0.000705. The molecular weight excluding hydrogens is 306 g/mol. The lowest BCUT2D eigenvalue weighted by Gasteiger charge is -2.17. The van der Waals surface area contributed by atoms with Crippen molar-refractivity contribution < 1.29 is 9.32 Å². The molecule has 3 rings (SSSR count). The van der Waals surface area contributed by atoms with Crippen LogP contribution in [0.2, 0.25) is 0 Å². The fourth-order valence-corrected chi connectivity index (χ4v) is 3.00. The van der Waals surface area contributed by atoms with Crippen molar-refractivity contribution in [1.82, 2.24) is 26.3 Å². The van der Waals surface area contributed by atoms with E-state index in [1.807, 2.05) is 30.3 Å². The van der Waals surface area contributed by atoms with E-state index in [2.05, 4.69) is 40.2 Å². The van der Waals surface area contributed by atoms with Gasteiger partial charge >= 0.3 is 0 Å². The molecule has 1 aromatic heterocycles. The number of hydrazine groups is 1. The highest BCUT2D eigenvalue weighted by molar-refractivity contribution is 5.75. The maximum Gasteiger partial charge on any atom is 0.246 e. The van der Waals surface area contributed by atoms with Crippen molar-refractivity contribution in [3.05, 3.63) is 36.2 Å². The summed E-state index contributed by atoms with van der Waals surface area (Å²) in [6.45, 7) is 4.51. The number of nitrogens with zero attached hydrogens (tertiary/aromatic N) is 2. The van der Waals surface area contributed by atoms with Crippen LogP contribution in [-0.4, -0.2) is 28.1 Å². The van der Waals surface area contributed by atoms with Crippen LogP contribution in [0.5, 0.6) is 0 Å². The zero-order chi connectivity index (χ0) is 16.9. The molecule has 1 aromatic carbocycles. The summed E-state index contributed by atoms with van der Waals surface area (Å²) >= 11 is 0. The van der Waals surface area contributed by atoms with Crippen LogP contribution in [0, 0.1) is 5.92 Å². The fourth-order valence-electron chi connectivity index (χ4n) is 3.00. The van der Waals surface area contributed by atoms with Crippen molar-refractivity contribution in [2.24, 2.45) is 5.92 Å². The Morgan fingerprint density at radius 3 is 2.62 bits per heavy atom. The number of hydrogen-bond acceptors (Lipinski definition) is 6. The number of nitrogens with one attached hydrogen (secondary N) is 3. The number of hydrogen-bond donors (Lipinski definition) is 3. The monoisotopic (exact) mass is 329 g/mol. The maximum atomic E-state index is 12.0. The van der Waals surface area contributed by atoms with Crippen LogP contribution in [0.25, 0.3) is 11.4 Å². The van der Waals surface area contributed by atoms with Crippen LogP contribution in [0.4, 0.5) is 0 Å². The van der Waals surface area contributed by atoms with Crippen LogP contribution in [0.3, 0.4) is 0 Å². The molecular formula is C17H23N5O2. The molecule has 0 saturated carbocycles. The van der Waals surface area contributed by atoms with Crippen LogP contribution in [0.15, 0.2) is 34.9 Å². The topological polar surface area (TPSA) is 92.1 Å². The third-order valence-corrected chi connectivity index (χ3v) is 4.46. The molecule has 2 heterocycles. The van der Waals surface area contributed by atoms with E-state index in [4.69, 9.17) is 4.52 Å². The SMILES string of the molecule is CC1NNC(C)C1CCC(=O)NCc1nc(-c2ccccc2)no1. The first-order valence-electron chi connectivity index (χ1n) is 8.29. The van der Waals surface area contributed by atoms with Gasteiger partial charge in [-0.2, -0.15) is 4.98 Å². The van der Waals surface area contributed by atoms with Crippen LogP contribution < -0.4 is 16.2 Å². The molecule has 3 N–H and O–H groups in total. The van der Waals surface area contributed by atoms with E-state index in [0.717, 1.165) is 12.0 Å². The molecule has 2 unspecified atom stereocenters. The van der Waals surface area contributed by atoms with Crippen LogP contribution >= 0.6 is 0 Å². The van der Waals surface area contributed by atoms with Crippen molar-refractivity contribution in [3.63, 3.8) is 0 Å². The fraction of sp³-hybridized carbons (Fsp3) is 0.471.